The predicted octanol–water partition coefficient (Wildman–Crippen LogP) is 7.01. The summed E-state index contributed by atoms with van der Waals surface area (Å²) in [5.41, 5.74) is 0. The zero-order valence-electron chi connectivity index (χ0n) is 22.0. The van der Waals surface area contributed by atoms with Gasteiger partial charge in [-0.2, -0.15) is 8.42 Å². The molecule has 0 aromatic carbocycles. The molecule has 6 heteroatoms. The van der Waals surface area contributed by atoms with Crippen molar-refractivity contribution >= 4 is 10.1 Å². The van der Waals surface area contributed by atoms with E-state index < -0.39 is 10.1 Å². The number of nitrogens with zero attached hydrogens (tertiary/aromatic N) is 1. The standard InChI is InChI=1S/C26H55NO4S/c1-5-7-8-9-10-11-12-13-14-15-16-17-18-21-26(6-2)31-24-19-22-27(3,4)23-20-25-32(28,29)30/h26H,5-25H2,1-4H3/p+1. The molecule has 0 saturated heterocycles. The Balaban J connectivity index is 3.58. The first-order valence-electron chi connectivity index (χ1n) is 13.6. The number of hydrogen-bond donors (Lipinski definition) is 1. The van der Waals surface area contributed by atoms with Crippen molar-refractivity contribution in [1.29, 1.82) is 0 Å². The zero-order valence-corrected chi connectivity index (χ0v) is 22.8. The van der Waals surface area contributed by atoms with E-state index in [2.05, 4.69) is 27.9 Å². The highest BCUT2D eigenvalue weighted by molar-refractivity contribution is 7.85. The lowest BCUT2D eigenvalue weighted by Crippen LogP contribution is -2.42. The Bertz CT molecular complexity index is 508. The Hall–Kier alpha value is -0.170. The molecule has 0 aromatic heterocycles. The molecule has 0 spiro atoms. The van der Waals surface area contributed by atoms with Crippen molar-refractivity contribution in [2.75, 3.05) is 39.5 Å². The van der Waals surface area contributed by atoms with Crippen molar-refractivity contribution in [3.63, 3.8) is 0 Å². The van der Waals surface area contributed by atoms with E-state index in [0.717, 1.165) is 37.0 Å². The van der Waals surface area contributed by atoms with Crippen LogP contribution in [0.25, 0.3) is 0 Å². The highest BCUT2D eigenvalue weighted by Gasteiger charge is 2.17. The Morgan fingerprint density at radius 1 is 0.719 bits per heavy atom. The Morgan fingerprint density at radius 2 is 1.19 bits per heavy atom. The zero-order chi connectivity index (χ0) is 24.1. The molecule has 0 aliphatic heterocycles. The molecule has 0 radical (unpaired) electrons. The van der Waals surface area contributed by atoms with Gasteiger partial charge in [0.15, 0.2) is 0 Å². The summed E-state index contributed by atoms with van der Waals surface area (Å²) in [5.74, 6) is -0.151. The molecule has 0 amide bonds. The van der Waals surface area contributed by atoms with E-state index in [9.17, 15) is 8.42 Å². The number of unbranched alkanes of at least 4 members (excludes halogenated alkanes) is 12. The minimum atomic E-state index is -3.85. The third-order valence-corrected chi connectivity index (χ3v) is 7.32. The quantitative estimate of drug-likeness (QED) is 0.0920. The summed E-state index contributed by atoms with van der Waals surface area (Å²) in [6, 6.07) is 0. The van der Waals surface area contributed by atoms with Crippen LogP contribution in [0.5, 0.6) is 0 Å². The SMILES string of the molecule is CCCCCCCCCCCCCCCC(CC)OCCC[N+](C)(C)CCCS(=O)(=O)O. The highest BCUT2D eigenvalue weighted by atomic mass is 32.2. The first-order valence-corrected chi connectivity index (χ1v) is 15.2. The second-order valence-corrected chi connectivity index (χ2v) is 11.9. The average Bonchev–Trinajstić information content (AvgIpc) is 2.71. The van der Waals surface area contributed by atoms with E-state index in [1.54, 1.807) is 0 Å². The molecule has 194 valence electrons. The van der Waals surface area contributed by atoms with Crippen LogP contribution in [-0.2, 0) is 14.9 Å². The van der Waals surface area contributed by atoms with E-state index in [0.29, 0.717) is 12.5 Å². The fourth-order valence-corrected chi connectivity index (χ4v) is 4.82. The smallest absolute Gasteiger partial charge is 0.265 e. The fraction of sp³-hybridized carbons (Fsp3) is 1.00. The van der Waals surface area contributed by atoms with Crippen LogP contribution in [0.3, 0.4) is 0 Å². The normalized spacial score (nSPS) is 13.5. The lowest BCUT2D eigenvalue weighted by molar-refractivity contribution is -0.890. The average molecular weight is 479 g/mol. The summed E-state index contributed by atoms with van der Waals surface area (Å²) < 4.78 is 37.4. The maximum atomic E-state index is 10.8. The monoisotopic (exact) mass is 478 g/mol. The maximum absolute atomic E-state index is 10.8. The van der Waals surface area contributed by atoms with Gasteiger partial charge in [-0.1, -0.05) is 97.3 Å². The van der Waals surface area contributed by atoms with Gasteiger partial charge in [-0.15, -0.1) is 0 Å². The van der Waals surface area contributed by atoms with Crippen molar-refractivity contribution in [2.45, 2.75) is 129 Å². The lowest BCUT2D eigenvalue weighted by Gasteiger charge is -2.30. The lowest BCUT2D eigenvalue weighted by atomic mass is 10.0. The largest absolute Gasteiger partial charge is 0.378 e. The van der Waals surface area contributed by atoms with Crippen molar-refractivity contribution < 1.29 is 22.2 Å². The summed E-state index contributed by atoms with van der Waals surface area (Å²) in [6.07, 6.45) is 22.1. The van der Waals surface area contributed by atoms with Crippen molar-refractivity contribution in [3.05, 3.63) is 0 Å². The molecule has 1 unspecified atom stereocenters. The fourth-order valence-electron chi connectivity index (χ4n) is 4.32. The van der Waals surface area contributed by atoms with Gasteiger partial charge >= 0.3 is 0 Å². The molecular weight excluding hydrogens is 422 g/mol. The first-order chi connectivity index (χ1) is 15.2. The van der Waals surface area contributed by atoms with Gasteiger partial charge in [0.2, 0.25) is 0 Å². The van der Waals surface area contributed by atoms with Gasteiger partial charge in [0, 0.05) is 12.8 Å². The topological polar surface area (TPSA) is 63.6 Å². The van der Waals surface area contributed by atoms with Crippen LogP contribution in [0.4, 0.5) is 0 Å². The van der Waals surface area contributed by atoms with Crippen LogP contribution >= 0.6 is 0 Å². The van der Waals surface area contributed by atoms with Crippen LogP contribution in [-0.4, -0.2) is 63.1 Å². The molecule has 0 rings (SSSR count). The molecular formula is C26H56NO4S+. The van der Waals surface area contributed by atoms with Crippen molar-refractivity contribution in [1.82, 2.24) is 0 Å². The number of quaternary nitrogens is 1. The van der Waals surface area contributed by atoms with Gasteiger partial charge in [0.05, 0.1) is 45.6 Å². The van der Waals surface area contributed by atoms with Gasteiger partial charge < -0.3 is 9.22 Å². The molecule has 0 aromatic rings. The molecule has 1 N–H and O–H groups in total. The molecule has 0 heterocycles. The second kappa shape index (κ2) is 20.2. The Kier molecular flexibility index (Phi) is 20.1. The van der Waals surface area contributed by atoms with Gasteiger partial charge in [-0.3, -0.25) is 4.55 Å². The van der Waals surface area contributed by atoms with Crippen LogP contribution < -0.4 is 0 Å². The molecule has 0 aliphatic rings. The summed E-state index contributed by atoms with van der Waals surface area (Å²) in [5, 5.41) is 0. The van der Waals surface area contributed by atoms with Gasteiger partial charge in [-0.25, -0.2) is 0 Å². The van der Waals surface area contributed by atoms with E-state index in [1.165, 1.54) is 89.9 Å². The summed E-state index contributed by atoms with van der Waals surface area (Å²) in [4.78, 5) is 0. The number of ether oxygens (including phenoxy) is 1. The van der Waals surface area contributed by atoms with Crippen LogP contribution in [0.2, 0.25) is 0 Å². The number of rotatable bonds is 24. The third-order valence-electron chi connectivity index (χ3n) is 6.51. The molecule has 32 heavy (non-hydrogen) atoms. The minimum Gasteiger partial charge on any atom is -0.378 e. The van der Waals surface area contributed by atoms with Crippen molar-refractivity contribution in [3.8, 4) is 0 Å². The van der Waals surface area contributed by atoms with Gasteiger partial charge in [-0.05, 0) is 12.8 Å². The molecule has 0 saturated carbocycles. The molecule has 5 nitrogen and oxygen atoms in total. The highest BCUT2D eigenvalue weighted by Crippen LogP contribution is 2.15. The number of hydrogen-bond acceptors (Lipinski definition) is 3. The van der Waals surface area contributed by atoms with Crippen LogP contribution in [0, 0.1) is 0 Å². The van der Waals surface area contributed by atoms with Crippen molar-refractivity contribution in [2.24, 2.45) is 0 Å². The van der Waals surface area contributed by atoms with Gasteiger partial charge in [0.25, 0.3) is 10.1 Å². The van der Waals surface area contributed by atoms with E-state index >= 15 is 0 Å². The van der Waals surface area contributed by atoms with Gasteiger partial charge in [0.1, 0.15) is 0 Å². The first kappa shape index (κ1) is 31.8. The maximum Gasteiger partial charge on any atom is 0.265 e. The summed E-state index contributed by atoms with van der Waals surface area (Å²) in [6.45, 7) is 6.97. The third kappa shape index (κ3) is 23.0. The summed E-state index contributed by atoms with van der Waals surface area (Å²) >= 11 is 0. The van der Waals surface area contributed by atoms with E-state index in [1.807, 2.05) is 0 Å². The van der Waals surface area contributed by atoms with Crippen LogP contribution in [0.1, 0.15) is 123 Å². The van der Waals surface area contributed by atoms with E-state index in [4.69, 9.17) is 9.29 Å². The second-order valence-electron chi connectivity index (χ2n) is 10.3. The molecule has 1 atom stereocenters. The Labute approximate surface area is 201 Å². The van der Waals surface area contributed by atoms with E-state index in [-0.39, 0.29) is 5.75 Å². The molecule has 0 fully saturated rings. The minimum absolute atomic E-state index is 0.151. The predicted molar refractivity (Wildman–Crippen MR) is 138 cm³/mol. The molecule has 0 bridgehead atoms. The Morgan fingerprint density at radius 3 is 1.66 bits per heavy atom. The van der Waals surface area contributed by atoms with Crippen LogP contribution in [0.15, 0.2) is 0 Å². The molecule has 0 aliphatic carbocycles. The summed E-state index contributed by atoms with van der Waals surface area (Å²) in [7, 11) is 0.367.